The van der Waals surface area contributed by atoms with Crippen LogP contribution in [0.4, 0.5) is 11.4 Å². The second-order valence-electron chi connectivity index (χ2n) is 8.05. The average molecular weight is 516 g/mol. The van der Waals surface area contributed by atoms with E-state index in [1.54, 1.807) is 36.5 Å². The van der Waals surface area contributed by atoms with Crippen molar-refractivity contribution in [3.05, 3.63) is 90.7 Å². The van der Waals surface area contributed by atoms with Crippen molar-refractivity contribution in [3.8, 4) is 17.3 Å². The smallest absolute Gasteiger partial charge is 0.277 e. The summed E-state index contributed by atoms with van der Waals surface area (Å²) in [5.41, 5.74) is 1.98. The molecule has 0 aliphatic heterocycles. The molecule has 11 heteroatoms. The maximum atomic E-state index is 13.4. The third-order valence-corrected chi connectivity index (χ3v) is 6.82. The molecule has 186 valence electrons. The first kappa shape index (κ1) is 23.9. The molecular formula is C26H21N5O5S. The van der Waals surface area contributed by atoms with Crippen LogP contribution in [0.1, 0.15) is 16.2 Å². The molecule has 5 rings (SSSR count). The van der Waals surface area contributed by atoms with Gasteiger partial charge < -0.3 is 14.5 Å². The van der Waals surface area contributed by atoms with Gasteiger partial charge in [-0.05, 0) is 37.3 Å². The first-order valence-corrected chi connectivity index (χ1v) is 12.6. The molecule has 0 fully saturated rings. The van der Waals surface area contributed by atoms with E-state index < -0.39 is 15.9 Å². The van der Waals surface area contributed by atoms with E-state index in [2.05, 4.69) is 25.0 Å². The summed E-state index contributed by atoms with van der Waals surface area (Å²) in [4.78, 5) is 25.1. The Hall–Kier alpha value is -4.77. The van der Waals surface area contributed by atoms with Gasteiger partial charge in [0.15, 0.2) is 10.6 Å². The summed E-state index contributed by atoms with van der Waals surface area (Å²) >= 11 is 0. The minimum atomic E-state index is -4.16. The van der Waals surface area contributed by atoms with Crippen LogP contribution in [0.3, 0.4) is 0 Å². The molecule has 2 aromatic carbocycles. The number of anilines is 2. The molecule has 0 aliphatic carbocycles. The van der Waals surface area contributed by atoms with Crippen molar-refractivity contribution < 1.29 is 22.4 Å². The molecule has 0 bridgehead atoms. The topological polar surface area (TPSA) is 136 Å². The maximum absolute atomic E-state index is 13.4. The molecule has 0 spiro atoms. The number of rotatable bonds is 7. The molecule has 3 aromatic heterocycles. The van der Waals surface area contributed by atoms with Crippen molar-refractivity contribution in [2.24, 2.45) is 0 Å². The maximum Gasteiger partial charge on any atom is 0.277 e. The third-order valence-electron chi connectivity index (χ3n) is 5.46. The highest BCUT2D eigenvalue weighted by Gasteiger charge is 2.24. The zero-order valence-corrected chi connectivity index (χ0v) is 20.6. The number of carbonyl (C=O) groups excluding carboxylic acids is 1. The third kappa shape index (κ3) is 4.98. The largest absolute Gasteiger partial charge is 0.480 e. The normalized spacial score (nSPS) is 11.3. The number of nitrogens with one attached hydrogen (secondary N) is 2. The monoisotopic (exact) mass is 515 g/mol. The zero-order chi connectivity index (χ0) is 26.0. The summed E-state index contributed by atoms with van der Waals surface area (Å²) in [5, 5.41) is 4.08. The Morgan fingerprint density at radius 2 is 1.81 bits per heavy atom. The van der Waals surface area contributed by atoms with Gasteiger partial charge in [-0.25, -0.2) is 18.4 Å². The van der Waals surface area contributed by atoms with Crippen LogP contribution in [0.15, 0.2) is 88.6 Å². The van der Waals surface area contributed by atoms with Gasteiger partial charge in [0.2, 0.25) is 11.8 Å². The Morgan fingerprint density at radius 1 is 1.00 bits per heavy atom. The van der Waals surface area contributed by atoms with Crippen LogP contribution in [0.25, 0.3) is 22.2 Å². The lowest BCUT2D eigenvalue weighted by Gasteiger charge is -2.14. The lowest BCUT2D eigenvalue weighted by molar-refractivity contribution is 0.102. The second-order valence-corrected chi connectivity index (χ2v) is 9.70. The fourth-order valence-electron chi connectivity index (χ4n) is 3.70. The molecule has 1 amide bonds. The Morgan fingerprint density at radius 3 is 2.59 bits per heavy atom. The summed E-state index contributed by atoms with van der Waals surface area (Å²) in [7, 11) is -2.85. The van der Waals surface area contributed by atoms with Crippen LogP contribution in [0, 0.1) is 6.92 Å². The molecule has 3 heterocycles. The SMILES string of the molecule is COc1ncc(NC(=O)c2coc(-c3ccccc3)n2)cc1S(=O)(=O)Nc1cccc2cnc(C)cc12. The van der Waals surface area contributed by atoms with E-state index in [9.17, 15) is 13.2 Å². The molecule has 5 aromatic rings. The molecule has 0 unspecified atom stereocenters. The average Bonchev–Trinajstić information content (AvgIpc) is 3.40. The number of aromatic nitrogens is 3. The molecule has 0 saturated carbocycles. The van der Waals surface area contributed by atoms with Crippen LogP contribution in [-0.2, 0) is 10.0 Å². The predicted molar refractivity (Wildman–Crippen MR) is 138 cm³/mol. The van der Waals surface area contributed by atoms with E-state index >= 15 is 0 Å². The number of carbonyl (C=O) groups is 1. The first-order chi connectivity index (χ1) is 17.8. The number of methoxy groups -OCH3 is 1. The van der Waals surface area contributed by atoms with Crippen LogP contribution < -0.4 is 14.8 Å². The second kappa shape index (κ2) is 9.70. The number of hydrogen-bond acceptors (Lipinski definition) is 8. The lowest BCUT2D eigenvalue weighted by Crippen LogP contribution is -2.17. The summed E-state index contributed by atoms with van der Waals surface area (Å²) in [5.74, 6) is -0.436. The standard InChI is InChI=1S/C26H21N5O5S/c1-16-11-20-18(13-27-16)9-6-10-21(20)31-37(33,34)23-12-19(14-28-26(23)35-2)29-24(32)22-15-36-25(30-22)17-7-4-3-5-8-17/h3-15,31H,1-2H3,(H,29,32). The number of nitrogens with zero attached hydrogens (tertiary/aromatic N) is 3. The first-order valence-electron chi connectivity index (χ1n) is 11.1. The molecule has 0 atom stereocenters. The molecule has 10 nitrogen and oxygen atoms in total. The van der Waals surface area contributed by atoms with Gasteiger partial charge in [0.05, 0.1) is 24.7 Å². The van der Waals surface area contributed by atoms with Crippen molar-refractivity contribution in [2.45, 2.75) is 11.8 Å². The van der Waals surface area contributed by atoms with Gasteiger partial charge in [-0.3, -0.25) is 14.5 Å². The van der Waals surface area contributed by atoms with Crippen LogP contribution in [0.2, 0.25) is 0 Å². The van der Waals surface area contributed by atoms with Crippen molar-refractivity contribution in [1.29, 1.82) is 0 Å². The van der Waals surface area contributed by atoms with Crippen molar-refractivity contribution in [2.75, 3.05) is 17.1 Å². The number of pyridine rings is 2. The van der Waals surface area contributed by atoms with Gasteiger partial charge in [-0.2, -0.15) is 0 Å². The van der Waals surface area contributed by atoms with Gasteiger partial charge in [0.1, 0.15) is 6.26 Å². The number of benzene rings is 2. The predicted octanol–water partition coefficient (Wildman–Crippen LogP) is 4.65. The van der Waals surface area contributed by atoms with E-state index in [1.807, 2.05) is 31.2 Å². The fraction of sp³-hybridized carbons (Fsp3) is 0.0769. The zero-order valence-electron chi connectivity index (χ0n) is 19.8. The Kier molecular flexibility index (Phi) is 6.28. The van der Waals surface area contributed by atoms with E-state index in [0.29, 0.717) is 16.6 Å². The van der Waals surface area contributed by atoms with E-state index in [4.69, 9.17) is 9.15 Å². The molecular weight excluding hydrogens is 494 g/mol. The Balaban J connectivity index is 1.43. The van der Waals surface area contributed by atoms with Crippen LogP contribution >= 0.6 is 0 Å². The van der Waals surface area contributed by atoms with E-state index in [1.165, 1.54) is 25.6 Å². The van der Waals surface area contributed by atoms with Crippen molar-refractivity contribution in [1.82, 2.24) is 15.0 Å². The quantitative estimate of drug-likeness (QED) is 0.320. The van der Waals surface area contributed by atoms with Crippen LogP contribution in [-0.4, -0.2) is 36.4 Å². The molecule has 0 saturated heterocycles. The lowest BCUT2D eigenvalue weighted by atomic mass is 10.1. The summed E-state index contributed by atoms with van der Waals surface area (Å²) < 4.78 is 40.0. The van der Waals surface area contributed by atoms with Gasteiger partial charge in [0.25, 0.3) is 15.9 Å². The number of amides is 1. The Labute approximate surface area is 212 Å². The van der Waals surface area contributed by atoms with Crippen molar-refractivity contribution >= 4 is 38.1 Å². The summed E-state index contributed by atoms with van der Waals surface area (Å²) in [6.07, 6.45) is 4.19. The number of aryl methyl sites for hydroxylation is 1. The number of oxazole rings is 1. The Bertz CT molecular complexity index is 1720. The minimum Gasteiger partial charge on any atom is -0.480 e. The minimum absolute atomic E-state index is 0.0249. The highest BCUT2D eigenvalue weighted by Crippen LogP contribution is 2.30. The highest BCUT2D eigenvalue weighted by molar-refractivity contribution is 7.92. The number of ether oxygens (including phenoxy) is 1. The van der Waals surface area contributed by atoms with Gasteiger partial charge in [-0.1, -0.05) is 30.3 Å². The molecule has 37 heavy (non-hydrogen) atoms. The van der Waals surface area contributed by atoms with E-state index in [-0.39, 0.29) is 28.0 Å². The highest BCUT2D eigenvalue weighted by atomic mass is 32.2. The number of fused-ring (bicyclic) bond motifs is 1. The van der Waals surface area contributed by atoms with Crippen LogP contribution in [0.5, 0.6) is 5.88 Å². The fourth-order valence-corrected chi connectivity index (χ4v) is 4.92. The van der Waals surface area contributed by atoms with Gasteiger partial charge in [-0.15, -0.1) is 0 Å². The van der Waals surface area contributed by atoms with Crippen molar-refractivity contribution in [3.63, 3.8) is 0 Å². The summed E-state index contributed by atoms with van der Waals surface area (Å²) in [6.45, 7) is 1.82. The molecule has 0 radical (unpaired) electrons. The van der Waals surface area contributed by atoms with Gasteiger partial charge >= 0.3 is 0 Å². The number of hydrogen-bond donors (Lipinski definition) is 2. The molecule has 2 N–H and O–H groups in total. The number of sulfonamides is 1. The molecule has 0 aliphatic rings. The van der Waals surface area contributed by atoms with Gasteiger partial charge in [0, 0.05) is 28.2 Å². The summed E-state index contributed by atoms with van der Waals surface area (Å²) in [6, 6.07) is 17.4. The van der Waals surface area contributed by atoms with E-state index in [0.717, 1.165) is 11.1 Å².